The van der Waals surface area contributed by atoms with Crippen molar-refractivity contribution >= 4 is 27.9 Å². The number of hydrogen-bond acceptors (Lipinski definition) is 3. The SMILES string of the molecule is COc1ccc(Br)c(C(=O)N=C=O)c1. The standard InChI is InChI=1S/C9H6BrNO3/c1-14-6-2-3-8(10)7(4-6)9(13)11-5-12/h2-4H,1H3. The molecular weight excluding hydrogens is 250 g/mol. The predicted octanol–water partition coefficient (Wildman–Crippen LogP) is 1.93. The fourth-order valence-corrected chi connectivity index (χ4v) is 1.31. The molecule has 0 aliphatic heterocycles. The first kappa shape index (κ1) is 10.6. The fraction of sp³-hybridized carbons (Fsp3) is 0.111. The number of rotatable bonds is 2. The molecule has 72 valence electrons. The molecule has 0 atom stereocenters. The van der Waals surface area contributed by atoms with Crippen molar-refractivity contribution in [2.75, 3.05) is 7.11 Å². The van der Waals surface area contributed by atoms with E-state index in [1.165, 1.54) is 19.3 Å². The number of halogens is 1. The lowest BCUT2D eigenvalue weighted by Gasteiger charge is -2.02. The van der Waals surface area contributed by atoms with E-state index in [2.05, 4.69) is 20.9 Å². The number of nitrogens with zero attached hydrogens (tertiary/aromatic N) is 1. The first-order chi connectivity index (χ1) is 6.69. The maximum absolute atomic E-state index is 11.2. The van der Waals surface area contributed by atoms with Crippen molar-refractivity contribution in [3.05, 3.63) is 28.2 Å². The number of hydrogen-bond donors (Lipinski definition) is 0. The van der Waals surface area contributed by atoms with Crippen LogP contribution in [-0.4, -0.2) is 19.1 Å². The van der Waals surface area contributed by atoms with Crippen LogP contribution >= 0.6 is 15.9 Å². The van der Waals surface area contributed by atoms with Gasteiger partial charge in [0.05, 0.1) is 12.7 Å². The zero-order valence-electron chi connectivity index (χ0n) is 7.28. The van der Waals surface area contributed by atoms with Crippen LogP contribution in [0.15, 0.2) is 27.7 Å². The second kappa shape index (κ2) is 4.69. The molecule has 0 radical (unpaired) electrons. The van der Waals surface area contributed by atoms with E-state index in [1.54, 1.807) is 12.1 Å². The average Bonchev–Trinajstić information content (AvgIpc) is 2.19. The summed E-state index contributed by atoms with van der Waals surface area (Å²) in [6.07, 6.45) is 1.19. The maximum atomic E-state index is 11.2. The molecule has 0 heterocycles. The largest absolute Gasteiger partial charge is 0.497 e. The number of carbonyl (C=O) groups is 1. The lowest BCUT2D eigenvalue weighted by Crippen LogP contribution is -1.96. The first-order valence-corrected chi connectivity index (χ1v) is 4.44. The Morgan fingerprint density at radius 1 is 1.57 bits per heavy atom. The van der Waals surface area contributed by atoms with E-state index in [4.69, 9.17) is 4.74 Å². The highest BCUT2D eigenvalue weighted by Gasteiger charge is 2.09. The molecule has 4 nitrogen and oxygen atoms in total. The van der Waals surface area contributed by atoms with Crippen LogP contribution in [0.1, 0.15) is 10.4 Å². The molecule has 0 unspecified atom stereocenters. The Balaban J connectivity index is 3.18. The molecule has 0 spiro atoms. The van der Waals surface area contributed by atoms with Crippen LogP contribution in [0.2, 0.25) is 0 Å². The zero-order chi connectivity index (χ0) is 10.6. The van der Waals surface area contributed by atoms with Crippen LogP contribution in [0.5, 0.6) is 5.75 Å². The zero-order valence-corrected chi connectivity index (χ0v) is 8.87. The molecule has 0 aliphatic rings. The van der Waals surface area contributed by atoms with Gasteiger partial charge in [-0.05, 0) is 34.1 Å². The molecule has 0 N–H and O–H groups in total. The lowest BCUT2D eigenvalue weighted by atomic mass is 10.2. The Hall–Kier alpha value is -1.45. The van der Waals surface area contributed by atoms with Crippen LogP contribution in [0.4, 0.5) is 0 Å². The van der Waals surface area contributed by atoms with E-state index in [-0.39, 0.29) is 5.56 Å². The number of aliphatic imine (C=N–C) groups is 1. The van der Waals surface area contributed by atoms with Gasteiger partial charge in [-0.3, -0.25) is 4.79 Å². The molecule has 0 saturated carbocycles. The molecule has 0 bridgehead atoms. The summed E-state index contributed by atoms with van der Waals surface area (Å²) in [4.78, 5) is 24.1. The number of isocyanates is 1. The summed E-state index contributed by atoms with van der Waals surface area (Å²) in [5.74, 6) is -0.122. The summed E-state index contributed by atoms with van der Waals surface area (Å²) in [6, 6.07) is 4.82. The van der Waals surface area contributed by atoms with Crippen LogP contribution < -0.4 is 4.74 Å². The van der Waals surface area contributed by atoms with Gasteiger partial charge in [0.1, 0.15) is 5.75 Å². The van der Waals surface area contributed by atoms with Crippen molar-refractivity contribution < 1.29 is 14.3 Å². The number of carbonyl (C=O) groups excluding carboxylic acids is 2. The quantitative estimate of drug-likeness (QED) is 0.600. The van der Waals surface area contributed by atoms with Gasteiger partial charge in [0.2, 0.25) is 6.08 Å². The molecule has 0 aliphatic carbocycles. The van der Waals surface area contributed by atoms with Gasteiger partial charge in [0.15, 0.2) is 0 Å². The predicted molar refractivity (Wildman–Crippen MR) is 53.1 cm³/mol. The minimum Gasteiger partial charge on any atom is -0.497 e. The molecule has 1 aromatic rings. The van der Waals surface area contributed by atoms with Crippen LogP contribution in [-0.2, 0) is 4.79 Å². The van der Waals surface area contributed by atoms with Gasteiger partial charge in [-0.25, -0.2) is 4.79 Å². The molecule has 0 saturated heterocycles. The molecule has 5 heteroatoms. The summed E-state index contributed by atoms with van der Waals surface area (Å²) in [5.41, 5.74) is 0.271. The summed E-state index contributed by atoms with van der Waals surface area (Å²) in [5, 5.41) is 0. The van der Waals surface area contributed by atoms with Gasteiger partial charge in [-0.15, -0.1) is 4.99 Å². The maximum Gasteiger partial charge on any atom is 0.289 e. The van der Waals surface area contributed by atoms with Crippen LogP contribution in [0.3, 0.4) is 0 Å². The molecule has 1 aromatic carbocycles. The summed E-state index contributed by atoms with van der Waals surface area (Å²) < 4.78 is 5.48. The average molecular weight is 256 g/mol. The third-order valence-corrected chi connectivity index (χ3v) is 2.24. The molecule has 14 heavy (non-hydrogen) atoms. The van der Waals surface area contributed by atoms with E-state index >= 15 is 0 Å². The van der Waals surface area contributed by atoms with Crippen molar-refractivity contribution in [1.29, 1.82) is 0 Å². The van der Waals surface area contributed by atoms with Crippen molar-refractivity contribution in [3.8, 4) is 5.75 Å². The summed E-state index contributed by atoms with van der Waals surface area (Å²) in [6.45, 7) is 0. The van der Waals surface area contributed by atoms with Gasteiger partial charge >= 0.3 is 0 Å². The van der Waals surface area contributed by atoms with Crippen molar-refractivity contribution in [3.63, 3.8) is 0 Å². The highest BCUT2D eigenvalue weighted by atomic mass is 79.9. The second-order valence-electron chi connectivity index (χ2n) is 2.35. The van der Waals surface area contributed by atoms with E-state index in [1.807, 2.05) is 0 Å². The first-order valence-electron chi connectivity index (χ1n) is 3.64. The third kappa shape index (κ3) is 2.28. The highest BCUT2D eigenvalue weighted by molar-refractivity contribution is 9.10. The minimum atomic E-state index is -0.647. The Kier molecular flexibility index (Phi) is 3.56. The summed E-state index contributed by atoms with van der Waals surface area (Å²) >= 11 is 3.16. The Labute approximate surface area is 88.7 Å². The Morgan fingerprint density at radius 2 is 2.29 bits per heavy atom. The van der Waals surface area contributed by atoms with E-state index in [0.717, 1.165) is 0 Å². The third-order valence-electron chi connectivity index (χ3n) is 1.55. The Morgan fingerprint density at radius 3 is 2.86 bits per heavy atom. The van der Waals surface area contributed by atoms with Gasteiger partial charge in [-0.2, -0.15) is 0 Å². The van der Waals surface area contributed by atoms with E-state index < -0.39 is 5.91 Å². The fourth-order valence-electron chi connectivity index (χ4n) is 0.897. The van der Waals surface area contributed by atoms with Crippen molar-refractivity contribution in [1.82, 2.24) is 0 Å². The number of methoxy groups -OCH3 is 1. The van der Waals surface area contributed by atoms with E-state index in [9.17, 15) is 9.59 Å². The number of benzene rings is 1. The van der Waals surface area contributed by atoms with Crippen LogP contribution in [0, 0.1) is 0 Å². The normalized spacial score (nSPS) is 9.00. The molecule has 0 aromatic heterocycles. The molecule has 1 amide bonds. The second-order valence-corrected chi connectivity index (χ2v) is 3.21. The highest BCUT2D eigenvalue weighted by Crippen LogP contribution is 2.22. The van der Waals surface area contributed by atoms with Crippen molar-refractivity contribution in [2.24, 2.45) is 4.99 Å². The van der Waals surface area contributed by atoms with Crippen molar-refractivity contribution in [2.45, 2.75) is 0 Å². The minimum absolute atomic E-state index is 0.271. The Bertz CT molecular complexity index is 411. The molecule has 1 rings (SSSR count). The smallest absolute Gasteiger partial charge is 0.289 e. The van der Waals surface area contributed by atoms with Gasteiger partial charge in [-0.1, -0.05) is 0 Å². The number of ether oxygens (including phenoxy) is 1. The van der Waals surface area contributed by atoms with Gasteiger partial charge in [0.25, 0.3) is 5.91 Å². The topological polar surface area (TPSA) is 55.7 Å². The number of amides is 1. The molecular formula is C9H6BrNO3. The van der Waals surface area contributed by atoms with Crippen LogP contribution in [0.25, 0.3) is 0 Å². The lowest BCUT2D eigenvalue weighted by molar-refractivity contribution is 0.100. The molecule has 0 fully saturated rings. The summed E-state index contributed by atoms with van der Waals surface area (Å²) in [7, 11) is 1.49. The van der Waals surface area contributed by atoms with Gasteiger partial charge in [0, 0.05) is 4.47 Å². The van der Waals surface area contributed by atoms with E-state index in [0.29, 0.717) is 10.2 Å². The van der Waals surface area contributed by atoms with Gasteiger partial charge < -0.3 is 4.74 Å². The monoisotopic (exact) mass is 255 g/mol.